The van der Waals surface area contributed by atoms with E-state index in [9.17, 15) is 12.6 Å². The molecule has 2 N–H and O–H groups in total. The van der Waals surface area contributed by atoms with Gasteiger partial charge in [0, 0.05) is 0 Å². The molecule has 0 saturated heterocycles. The Balaban J connectivity index is -0.000000180. The third-order valence-corrected chi connectivity index (χ3v) is 1.62. The molecule has 0 aliphatic rings. The van der Waals surface area contributed by atoms with E-state index in [1.165, 1.54) is 0 Å². The van der Waals surface area contributed by atoms with E-state index in [0.717, 1.165) is 0 Å². The van der Waals surface area contributed by atoms with E-state index in [1.54, 1.807) is 0 Å². The van der Waals surface area contributed by atoms with Crippen LogP contribution in [0.2, 0.25) is 0 Å². The molecule has 0 heterocycles. The van der Waals surface area contributed by atoms with Crippen LogP contribution in [0.15, 0.2) is 0 Å². The van der Waals surface area contributed by atoms with Gasteiger partial charge in [-0.05, 0) is 0 Å². The summed E-state index contributed by atoms with van der Waals surface area (Å²) in [4.78, 5) is 0. The van der Waals surface area contributed by atoms with Gasteiger partial charge in [-0.25, -0.2) is 4.21 Å². The zero-order valence-electron chi connectivity index (χ0n) is 4.34. The maximum absolute atomic E-state index is 9.34. The third-order valence-electron chi connectivity index (χ3n) is 0.180. The molecule has 0 amide bonds. The molecular weight excluding hydrogens is 199 g/mol. The smallest absolute Gasteiger partial charge is 0.292 e. The molecule has 9 heteroatoms. The standard InChI is InChI=1S/Na.H2O5S2.S/c;1-6(2)7(3,4)5;/h;(H,1,2)(H,3,4,5);/q+1;;+2. The van der Waals surface area contributed by atoms with Crippen molar-refractivity contribution in [1.29, 1.82) is 0 Å². The summed E-state index contributed by atoms with van der Waals surface area (Å²) < 4.78 is 43.0. The van der Waals surface area contributed by atoms with E-state index in [4.69, 9.17) is 9.11 Å². The summed E-state index contributed by atoms with van der Waals surface area (Å²) in [7, 11) is -7.87. The van der Waals surface area contributed by atoms with Gasteiger partial charge < -0.3 is 0 Å². The van der Waals surface area contributed by atoms with Crippen molar-refractivity contribution in [3.8, 4) is 0 Å². The SMILES string of the molecule is O=S(O)S(=O)(=O)O.[Na+].[S+2]. The van der Waals surface area contributed by atoms with Crippen LogP contribution in [-0.4, -0.2) is 21.7 Å². The van der Waals surface area contributed by atoms with Gasteiger partial charge in [0.05, 0.1) is 0 Å². The second-order valence-electron chi connectivity index (χ2n) is 0.645. The largest absolute Gasteiger partial charge is 2.00 e. The fraction of sp³-hybridized carbons (Fsp3) is 0. The van der Waals surface area contributed by atoms with Crippen molar-refractivity contribution < 1.29 is 51.3 Å². The summed E-state index contributed by atoms with van der Waals surface area (Å²) in [5, 5.41) is 0. The van der Waals surface area contributed by atoms with Crippen LogP contribution in [0.1, 0.15) is 0 Å². The van der Waals surface area contributed by atoms with Crippen LogP contribution in [0.5, 0.6) is 0 Å². The minimum atomic E-state index is -4.71. The normalized spacial score (nSPS) is 12.7. The van der Waals surface area contributed by atoms with Crippen molar-refractivity contribution in [3.05, 3.63) is 0 Å². The molecule has 5 nitrogen and oxygen atoms in total. The van der Waals surface area contributed by atoms with Crippen molar-refractivity contribution in [1.82, 2.24) is 0 Å². The Bertz CT molecular complexity index is 167. The van der Waals surface area contributed by atoms with E-state index in [1.807, 2.05) is 0 Å². The average Bonchev–Trinajstić information content (AvgIpc) is 1.31. The van der Waals surface area contributed by atoms with Gasteiger partial charge in [-0.1, -0.05) is 0 Å². The van der Waals surface area contributed by atoms with Gasteiger partial charge in [0.15, 0.2) is 0 Å². The molecule has 4 radical (unpaired) electrons. The Morgan fingerprint density at radius 3 is 1.44 bits per heavy atom. The van der Waals surface area contributed by atoms with E-state index >= 15 is 0 Å². The fourth-order valence-corrected chi connectivity index (χ4v) is 0. The molecule has 0 aromatic carbocycles. The van der Waals surface area contributed by atoms with Gasteiger partial charge in [0.1, 0.15) is 0 Å². The van der Waals surface area contributed by atoms with Crippen LogP contribution in [0, 0.1) is 0 Å². The predicted molar refractivity (Wildman–Crippen MR) is 29.7 cm³/mol. The molecule has 0 bridgehead atoms. The van der Waals surface area contributed by atoms with Gasteiger partial charge in [-0.3, -0.25) is 9.11 Å². The van der Waals surface area contributed by atoms with Gasteiger partial charge >= 0.3 is 62.3 Å². The number of hydrogen-bond donors (Lipinski definition) is 2. The van der Waals surface area contributed by atoms with Crippen molar-refractivity contribution >= 4 is 32.8 Å². The van der Waals surface area contributed by atoms with Crippen LogP contribution >= 0.6 is 0 Å². The third kappa shape index (κ3) is 9.37. The zero-order valence-corrected chi connectivity index (χ0v) is 8.79. The molecule has 0 aliphatic heterocycles. The molecular formula is H2NaO5S3+3. The molecule has 0 fully saturated rings. The van der Waals surface area contributed by atoms with Crippen molar-refractivity contribution in [2.45, 2.75) is 0 Å². The Labute approximate surface area is 83.4 Å². The molecule has 0 saturated carbocycles. The first kappa shape index (κ1) is 16.8. The Kier molecular flexibility index (Phi) is 11.4. The van der Waals surface area contributed by atoms with E-state index in [0.29, 0.717) is 0 Å². The number of hydrogen-bond acceptors (Lipinski definition) is 3. The molecule has 0 aromatic heterocycles. The predicted octanol–water partition coefficient (Wildman–Crippen LogP) is -3.99. The van der Waals surface area contributed by atoms with Crippen molar-refractivity contribution in [2.75, 3.05) is 0 Å². The summed E-state index contributed by atoms with van der Waals surface area (Å²) in [6, 6.07) is 0. The molecule has 0 aromatic rings. The summed E-state index contributed by atoms with van der Waals surface area (Å²) >= 11 is 0. The van der Waals surface area contributed by atoms with Gasteiger partial charge in [0.25, 0.3) is 0 Å². The second-order valence-corrected chi connectivity index (χ2v) is 4.05. The van der Waals surface area contributed by atoms with Gasteiger partial charge in [-0.2, -0.15) is 8.42 Å². The summed E-state index contributed by atoms with van der Waals surface area (Å²) in [5.41, 5.74) is 0. The first-order chi connectivity index (χ1) is 2.94. The zero-order chi connectivity index (χ0) is 6.08. The van der Waals surface area contributed by atoms with E-state index in [-0.39, 0.29) is 43.1 Å². The van der Waals surface area contributed by atoms with Crippen molar-refractivity contribution in [3.63, 3.8) is 0 Å². The molecule has 0 rings (SSSR count). The topological polar surface area (TPSA) is 91.7 Å². The summed E-state index contributed by atoms with van der Waals surface area (Å²) in [5.74, 6) is 0. The monoisotopic (exact) mass is 201 g/mol. The average molecular weight is 201 g/mol. The van der Waals surface area contributed by atoms with Gasteiger partial charge in [0.2, 0.25) is 0 Å². The molecule has 48 valence electrons. The first-order valence-electron chi connectivity index (χ1n) is 1.03. The maximum atomic E-state index is 9.34. The Morgan fingerprint density at radius 2 is 1.44 bits per heavy atom. The summed E-state index contributed by atoms with van der Waals surface area (Å²) in [6.45, 7) is 0. The van der Waals surface area contributed by atoms with E-state index < -0.39 is 19.3 Å². The van der Waals surface area contributed by atoms with Crippen LogP contribution < -0.4 is 29.6 Å². The van der Waals surface area contributed by atoms with Crippen LogP contribution in [0.4, 0.5) is 0 Å². The molecule has 0 spiro atoms. The molecule has 1 unspecified atom stereocenters. The van der Waals surface area contributed by atoms with Crippen LogP contribution in [-0.2, 0) is 32.8 Å². The van der Waals surface area contributed by atoms with E-state index in [2.05, 4.69) is 0 Å². The van der Waals surface area contributed by atoms with Crippen LogP contribution in [0.25, 0.3) is 0 Å². The quantitative estimate of drug-likeness (QED) is 0.195. The van der Waals surface area contributed by atoms with Gasteiger partial charge in [-0.15, -0.1) is 0 Å². The minimum absolute atomic E-state index is 0. The Morgan fingerprint density at radius 1 is 1.33 bits per heavy atom. The first-order valence-corrected chi connectivity index (χ1v) is 4.10. The van der Waals surface area contributed by atoms with Crippen LogP contribution in [0.3, 0.4) is 0 Å². The molecule has 9 heavy (non-hydrogen) atoms. The molecule has 1 atom stereocenters. The maximum Gasteiger partial charge on any atom is 2.00 e. The second kappa shape index (κ2) is 6.10. The van der Waals surface area contributed by atoms with Crippen molar-refractivity contribution in [2.24, 2.45) is 0 Å². The number of rotatable bonds is 1. The fourth-order valence-electron chi connectivity index (χ4n) is 0. The molecule has 0 aliphatic carbocycles. The minimum Gasteiger partial charge on any atom is -0.292 e. The summed E-state index contributed by atoms with van der Waals surface area (Å²) in [6.07, 6.45) is 0. The Hall–Kier alpha value is 1.37.